The lowest BCUT2D eigenvalue weighted by atomic mass is 10.0. The Kier molecular flexibility index (Phi) is 5.44. The van der Waals surface area contributed by atoms with E-state index in [0.717, 1.165) is 36.3 Å². The van der Waals surface area contributed by atoms with E-state index in [1.54, 1.807) is 18.6 Å². The Morgan fingerprint density at radius 1 is 1.09 bits per heavy atom. The molecule has 3 aromatic heterocycles. The van der Waals surface area contributed by atoms with Crippen molar-refractivity contribution in [1.82, 2.24) is 19.9 Å². The smallest absolute Gasteiger partial charge is 0.189 e. The second-order valence-corrected chi connectivity index (χ2v) is 8.36. The Balaban J connectivity index is 1.53. The Hall–Kier alpha value is -3.90. The molecule has 0 radical (unpaired) electrons. The van der Waals surface area contributed by atoms with Crippen molar-refractivity contribution in [2.75, 3.05) is 16.8 Å². The molecule has 1 aliphatic rings. The van der Waals surface area contributed by atoms with Crippen LogP contribution in [0.3, 0.4) is 0 Å². The lowest BCUT2D eigenvalue weighted by Crippen LogP contribution is -2.24. The van der Waals surface area contributed by atoms with Gasteiger partial charge in [0.25, 0.3) is 0 Å². The predicted octanol–water partition coefficient (Wildman–Crippen LogP) is 5.09. The number of nitriles is 1. The molecule has 0 saturated carbocycles. The van der Waals surface area contributed by atoms with Crippen molar-refractivity contribution in [3.05, 3.63) is 77.4 Å². The van der Waals surface area contributed by atoms with Crippen LogP contribution < -0.4 is 10.2 Å². The van der Waals surface area contributed by atoms with Crippen LogP contribution in [0.25, 0.3) is 11.3 Å². The van der Waals surface area contributed by atoms with E-state index in [0.29, 0.717) is 21.5 Å². The minimum absolute atomic E-state index is 0.106. The predicted molar refractivity (Wildman–Crippen MR) is 121 cm³/mol. The molecule has 1 N–H and O–H groups in total. The Bertz CT molecular complexity index is 1270. The van der Waals surface area contributed by atoms with Crippen LogP contribution in [-0.4, -0.2) is 26.5 Å². The summed E-state index contributed by atoms with van der Waals surface area (Å²) < 4.78 is 13.4. The molecule has 0 spiro atoms. The molecule has 0 bridgehead atoms. The third-order valence-electron chi connectivity index (χ3n) is 5.36. The minimum Gasteiger partial charge on any atom is -0.348 e. The summed E-state index contributed by atoms with van der Waals surface area (Å²) in [7, 11) is 0. The summed E-state index contributed by atoms with van der Waals surface area (Å²) in [5, 5.41) is 12.9. The monoisotopic (exact) mass is 443 g/mol. The molecule has 1 aliphatic heterocycles. The molecule has 0 amide bonds. The summed E-state index contributed by atoms with van der Waals surface area (Å²) in [5.74, 6) is 1.04. The first-order valence-corrected chi connectivity index (χ1v) is 11.0. The van der Waals surface area contributed by atoms with Crippen molar-refractivity contribution in [3.63, 3.8) is 0 Å². The highest BCUT2D eigenvalue weighted by atomic mass is 32.1. The van der Waals surface area contributed by atoms with Crippen molar-refractivity contribution in [3.8, 4) is 17.3 Å². The van der Waals surface area contributed by atoms with Gasteiger partial charge in [0.05, 0.1) is 18.4 Å². The zero-order chi connectivity index (χ0) is 21.9. The average Bonchev–Trinajstić information content (AvgIpc) is 3.50. The molecule has 9 heteroatoms. The number of thiazole rings is 1. The quantitative estimate of drug-likeness (QED) is 0.459. The molecular weight excluding hydrogens is 425 g/mol. The molecule has 1 unspecified atom stereocenters. The van der Waals surface area contributed by atoms with Crippen LogP contribution >= 0.6 is 11.3 Å². The van der Waals surface area contributed by atoms with Crippen molar-refractivity contribution >= 4 is 28.1 Å². The summed E-state index contributed by atoms with van der Waals surface area (Å²) in [6.45, 7) is 0.834. The molecule has 1 saturated heterocycles. The molecule has 1 atom stereocenters. The number of hydrogen-bond donors (Lipinski definition) is 1. The summed E-state index contributed by atoms with van der Waals surface area (Å²) >= 11 is 1.26. The number of hydrogen-bond acceptors (Lipinski definition) is 8. The molecule has 4 aromatic rings. The van der Waals surface area contributed by atoms with Crippen LogP contribution in [0.15, 0.2) is 61.2 Å². The Morgan fingerprint density at radius 2 is 1.91 bits per heavy atom. The zero-order valence-electron chi connectivity index (χ0n) is 16.9. The van der Waals surface area contributed by atoms with Gasteiger partial charge in [-0.05, 0) is 42.7 Å². The van der Waals surface area contributed by atoms with Gasteiger partial charge in [0, 0.05) is 24.5 Å². The largest absolute Gasteiger partial charge is 0.348 e. The van der Waals surface area contributed by atoms with E-state index < -0.39 is 0 Å². The third-order valence-corrected chi connectivity index (χ3v) is 6.17. The van der Waals surface area contributed by atoms with Gasteiger partial charge in [-0.3, -0.25) is 4.98 Å². The first kappa shape index (κ1) is 20.0. The molecule has 7 nitrogen and oxygen atoms in total. The van der Waals surface area contributed by atoms with Crippen molar-refractivity contribution in [2.45, 2.75) is 18.9 Å². The number of halogens is 1. The van der Waals surface area contributed by atoms with Gasteiger partial charge in [-0.25, -0.2) is 19.3 Å². The molecular formula is C23H18FN7S. The number of nitrogens with one attached hydrogen (secondary N) is 1. The van der Waals surface area contributed by atoms with E-state index in [4.69, 9.17) is 15.2 Å². The highest BCUT2D eigenvalue weighted by Crippen LogP contribution is 2.37. The number of anilines is 3. The molecule has 4 heterocycles. The maximum atomic E-state index is 13.4. The number of benzene rings is 1. The van der Waals surface area contributed by atoms with E-state index in [9.17, 15) is 4.39 Å². The normalized spacial score (nSPS) is 15.5. The maximum Gasteiger partial charge on any atom is 0.189 e. The summed E-state index contributed by atoms with van der Waals surface area (Å²) in [6, 6.07) is 12.6. The first-order chi connectivity index (χ1) is 15.7. The van der Waals surface area contributed by atoms with Crippen LogP contribution in [0, 0.1) is 17.1 Å². The van der Waals surface area contributed by atoms with Gasteiger partial charge in [0.1, 0.15) is 28.3 Å². The average molecular weight is 444 g/mol. The van der Waals surface area contributed by atoms with Crippen LogP contribution in [0.2, 0.25) is 0 Å². The number of nitrogens with zero attached hydrogens (tertiary/aromatic N) is 6. The van der Waals surface area contributed by atoms with Gasteiger partial charge in [-0.15, -0.1) is 0 Å². The maximum absolute atomic E-state index is 13.4. The summed E-state index contributed by atoms with van der Waals surface area (Å²) in [4.78, 5) is 20.7. The fourth-order valence-electron chi connectivity index (χ4n) is 3.88. The van der Waals surface area contributed by atoms with Gasteiger partial charge in [-0.2, -0.15) is 5.26 Å². The molecule has 158 valence electrons. The topological polar surface area (TPSA) is 90.6 Å². The summed E-state index contributed by atoms with van der Waals surface area (Å²) in [6.07, 6.45) is 8.68. The van der Waals surface area contributed by atoms with Gasteiger partial charge >= 0.3 is 0 Å². The van der Waals surface area contributed by atoms with Crippen molar-refractivity contribution < 1.29 is 4.39 Å². The van der Waals surface area contributed by atoms with Crippen LogP contribution in [0.5, 0.6) is 0 Å². The molecule has 1 aromatic carbocycles. The van der Waals surface area contributed by atoms with Gasteiger partial charge in [0.15, 0.2) is 10.9 Å². The highest BCUT2D eigenvalue weighted by molar-refractivity contribution is 7.16. The van der Waals surface area contributed by atoms with E-state index in [1.165, 1.54) is 29.7 Å². The molecule has 0 aliphatic carbocycles. The number of rotatable bonds is 5. The zero-order valence-corrected chi connectivity index (χ0v) is 17.8. The van der Waals surface area contributed by atoms with E-state index in [-0.39, 0.29) is 11.9 Å². The second kappa shape index (κ2) is 8.69. The minimum atomic E-state index is -0.244. The van der Waals surface area contributed by atoms with Crippen molar-refractivity contribution in [1.29, 1.82) is 5.26 Å². The van der Waals surface area contributed by atoms with Crippen LogP contribution in [0.1, 0.15) is 29.3 Å². The first-order valence-electron chi connectivity index (χ1n) is 10.1. The lowest BCUT2D eigenvalue weighted by molar-refractivity contribution is 0.624. The van der Waals surface area contributed by atoms with Gasteiger partial charge < -0.3 is 10.2 Å². The van der Waals surface area contributed by atoms with E-state index in [2.05, 4.69) is 26.3 Å². The molecule has 5 rings (SSSR count). The fraction of sp³-hybridized carbons (Fsp3) is 0.174. The van der Waals surface area contributed by atoms with E-state index >= 15 is 0 Å². The van der Waals surface area contributed by atoms with Gasteiger partial charge in [0.2, 0.25) is 0 Å². The second-order valence-electron chi connectivity index (χ2n) is 7.33. The number of aromatic nitrogens is 4. The molecule has 1 fully saturated rings. The number of pyridine rings is 1. The summed E-state index contributed by atoms with van der Waals surface area (Å²) in [5.41, 5.74) is 2.59. The molecule has 32 heavy (non-hydrogen) atoms. The van der Waals surface area contributed by atoms with Crippen molar-refractivity contribution in [2.24, 2.45) is 0 Å². The van der Waals surface area contributed by atoms with Crippen LogP contribution in [-0.2, 0) is 0 Å². The third kappa shape index (κ3) is 4.00. The van der Waals surface area contributed by atoms with E-state index in [1.807, 2.05) is 24.3 Å². The Labute approximate surface area is 188 Å². The SMILES string of the molecule is N#Cc1cnc(Nc2nc(N3CCCC3c3ccc(F)cc3)cnc2-c2ccncc2)s1. The standard InChI is InChI=1S/C23H18FN7S/c24-17-5-3-15(4-6-17)19-2-1-11-31(19)20-14-27-21(16-7-9-26-10-8-16)22(29-20)30-23-28-13-18(12-25)32-23/h3-10,13-14,19H,1-2,11H2,(H,28,29,30). The van der Waals surface area contributed by atoms with Gasteiger partial charge in [-0.1, -0.05) is 23.5 Å². The van der Waals surface area contributed by atoms with Crippen LogP contribution in [0.4, 0.5) is 21.2 Å². The lowest BCUT2D eigenvalue weighted by Gasteiger charge is -2.26. The Morgan fingerprint density at radius 3 is 2.66 bits per heavy atom. The highest BCUT2D eigenvalue weighted by Gasteiger charge is 2.28. The fourth-order valence-corrected chi connectivity index (χ4v) is 4.50.